The molecule has 2 aliphatic rings. The minimum Gasteiger partial charge on any atom is -0.490 e. The second-order valence-corrected chi connectivity index (χ2v) is 8.28. The highest BCUT2D eigenvalue weighted by Crippen LogP contribution is 2.28. The van der Waals surface area contributed by atoms with Gasteiger partial charge in [0.1, 0.15) is 11.9 Å². The van der Waals surface area contributed by atoms with E-state index in [1.807, 2.05) is 6.07 Å². The van der Waals surface area contributed by atoms with Gasteiger partial charge in [0.25, 0.3) is 5.91 Å². The standard InChI is InChI=1S/C21H31ClN2O2/c22-20-13-18(26-17-9-8-16(23)12-17)10-11-19(20)21(25)24-14-15-6-4-2-1-3-5-7-15/h10-11,13,15-17H,1-9,12,14,23H2,(H,24,25). The van der Waals surface area contributed by atoms with Crippen molar-refractivity contribution in [1.29, 1.82) is 0 Å². The summed E-state index contributed by atoms with van der Waals surface area (Å²) in [5.74, 6) is 1.21. The molecule has 3 rings (SSSR count). The second kappa shape index (κ2) is 9.61. The monoisotopic (exact) mass is 378 g/mol. The van der Waals surface area contributed by atoms with Crippen LogP contribution in [0.2, 0.25) is 5.02 Å². The molecule has 2 unspecified atom stereocenters. The van der Waals surface area contributed by atoms with E-state index in [9.17, 15) is 4.79 Å². The molecule has 0 spiro atoms. The molecule has 2 fully saturated rings. The number of hydrogen-bond acceptors (Lipinski definition) is 3. The molecule has 2 atom stereocenters. The molecular formula is C21H31ClN2O2. The van der Waals surface area contributed by atoms with E-state index < -0.39 is 0 Å². The smallest absolute Gasteiger partial charge is 0.252 e. The molecule has 144 valence electrons. The SMILES string of the molecule is NC1CCC(Oc2ccc(C(=O)NCC3CCCCCCC3)c(Cl)c2)C1. The van der Waals surface area contributed by atoms with Crippen molar-refractivity contribution in [1.82, 2.24) is 5.32 Å². The number of hydrogen-bond donors (Lipinski definition) is 2. The maximum atomic E-state index is 12.5. The van der Waals surface area contributed by atoms with E-state index in [1.165, 1.54) is 44.9 Å². The maximum Gasteiger partial charge on any atom is 0.252 e. The molecule has 0 aliphatic heterocycles. The van der Waals surface area contributed by atoms with Crippen molar-refractivity contribution in [3.05, 3.63) is 28.8 Å². The molecule has 26 heavy (non-hydrogen) atoms. The van der Waals surface area contributed by atoms with Crippen LogP contribution in [0.3, 0.4) is 0 Å². The first-order valence-corrected chi connectivity index (χ1v) is 10.5. The Morgan fingerprint density at radius 1 is 1.12 bits per heavy atom. The fourth-order valence-electron chi connectivity index (χ4n) is 4.10. The summed E-state index contributed by atoms with van der Waals surface area (Å²) < 4.78 is 5.95. The number of rotatable bonds is 5. The number of amides is 1. The largest absolute Gasteiger partial charge is 0.490 e. The van der Waals surface area contributed by atoms with E-state index >= 15 is 0 Å². The van der Waals surface area contributed by atoms with Gasteiger partial charge < -0.3 is 15.8 Å². The fraction of sp³-hybridized carbons (Fsp3) is 0.667. The van der Waals surface area contributed by atoms with Gasteiger partial charge in [-0.3, -0.25) is 4.79 Å². The van der Waals surface area contributed by atoms with Crippen molar-refractivity contribution in [2.24, 2.45) is 11.7 Å². The van der Waals surface area contributed by atoms with E-state index in [1.54, 1.807) is 12.1 Å². The summed E-state index contributed by atoms with van der Waals surface area (Å²) in [6, 6.07) is 5.57. The minimum absolute atomic E-state index is 0.0912. The number of carbonyl (C=O) groups is 1. The Morgan fingerprint density at radius 2 is 1.85 bits per heavy atom. The lowest BCUT2D eigenvalue weighted by Crippen LogP contribution is -2.30. The highest BCUT2D eigenvalue weighted by atomic mass is 35.5. The Kier molecular flexibility index (Phi) is 7.21. The van der Waals surface area contributed by atoms with Gasteiger partial charge in [0.15, 0.2) is 0 Å². The molecule has 0 radical (unpaired) electrons. The molecule has 4 nitrogen and oxygen atoms in total. The Balaban J connectivity index is 1.52. The minimum atomic E-state index is -0.0912. The number of benzene rings is 1. The van der Waals surface area contributed by atoms with Gasteiger partial charge >= 0.3 is 0 Å². The fourth-order valence-corrected chi connectivity index (χ4v) is 4.36. The van der Waals surface area contributed by atoms with E-state index in [0.717, 1.165) is 25.8 Å². The van der Waals surface area contributed by atoms with Gasteiger partial charge in [-0.25, -0.2) is 0 Å². The zero-order chi connectivity index (χ0) is 18.4. The molecule has 3 N–H and O–H groups in total. The van der Waals surface area contributed by atoms with Crippen LogP contribution in [0.25, 0.3) is 0 Å². The summed E-state index contributed by atoms with van der Waals surface area (Å²) in [5.41, 5.74) is 6.45. The predicted octanol–water partition coefficient (Wildman–Crippen LogP) is 4.69. The molecule has 1 aromatic rings. The first-order chi connectivity index (χ1) is 12.6. The third-order valence-electron chi connectivity index (χ3n) is 5.69. The zero-order valence-corrected chi connectivity index (χ0v) is 16.3. The summed E-state index contributed by atoms with van der Waals surface area (Å²) in [6.45, 7) is 0.743. The van der Waals surface area contributed by atoms with E-state index in [-0.39, 0.29) is 18.1 Å². The summed E-state index contributed by atoms with van der Waals surface area (Å²) >= 11 is 6.34. The van der Waals surface area contributed by atoms with Gasteiger partial charge in [-0.05, 0) is 56.2 Å². The molecule has 2 aliphatic carbocycles. The molecular weight excluding hydrogens is 348 g/mol. The lowest BCUT2D eigenvalue weighted by molar-refractivity contribution is 0.0944. The first-order valence-electron chi connectivity index (χ1n) is 10.1. The van der Waals surface area contributed by atoms with Crippen molar-refractivity contribution in [3.63, 3.8) is 0 Å². The van der Waals surface area contributed by atoms with Gasteiger partial charge in [0.2, 0.25) is 0 Å². The second-order valence-electron chi connectivity index (χ2n) is 7.88. The number of nitrogens with two attached hydrogens (primary N) is 1. The Labute approximate surface area is 161 Å². The van der Waals surface area contributed by atoms with Crippen LogP contribution in [0.5, 0.6) is 5.75 Å². The Morgan fingerprint density at radius 3 is 2.50 bits per heavy atom. The molecule has 1 aromatic carbocycles. The third kappa shape index (κ3) is 5.62. The summed E-state index contributed by atoms with van der Waals surface area (Å²) in [7, 11) is 0. The Hall–Kier alpha value is -1.26. The number of halogens is 1. The van der Waals surface area contributed by atoms with E-state index in [4.69, 9.17) is 22.1 Å². The van der Waals surface area contributed by atoms with Crippen LogP contribution in [0.15, 0.2) is 18.2 Å². The van der Waals surface area contributed by atoms with E-state index in [2.05, 4.69) is 5.32 Å². The number of nitrogens with one attached hydrogen (secondary N) is 1. The van der Waals surface area contributed by atoms with Crippen LogP contribution in [-0.4, -0.2) is 24.6 Å². The highest BCUT2D eigenvalue weighted by molar-refractivity contribution is 6.34. The lowest BCUT2D eigenvalue weighted by atomic mass is 9.91. The summed E-state index contributed by atoms with van der Waals surface area (Å²) in [4.78, 5) is 12.5. The average molecular weight is 379 g/mol. The van der Waals surface area contributed by atoms with Crippen LogP contribution in [0, 0.1) is 5.92 Å². The topological polar surface area (TPSA) is 64.3 Å². The van der Waals surface area contributed by atoms with Crippen molar-refractivity contribution in [2.45, 2.75) is 76.4 Å². The molecule has 0 bridgehead atoms. The summed E-state index contributed by atoms with van der Waals surface area (Å²) in [6.07, 6.45) is 12.0. The van der Waals surface area contributed by atoms with Crippen LogP contribution < -0.4 is 15.8 Å². The highest BCUT2D eigenvalue weighted by Gasteiger charge is 2.23. The van der Waals surface area contributed by atoms with Crippen LogP contribution in [-0.2, 0) is 0 Å². The van der Waals surface area contributed by atoms with Gasteiger partial charge in [0, 0.05) is 12.6 Å². The molecule has 5 heteroatoms. The van der Waals surface area contributed by atoms with Crippen molar-refractivity contribution >= 4 is 17.5 Å². The number of carbonyl (C=O) groups excluding carboxylic acids is 1. The molecule has 0 saturated heterocycles. The lowest BCUT2D eigenvalue weighted by Gasteiger charge is -2.20. The Bertz CT molecular complexity index is 600. The van der Waals surface area contributed by atoms with E-state index in [0.29, 0.717) is 22.3 Å². The average Bonchev–Trinajstić information content (AvgIpc) is 2.98. The van der Waals surface area contributed by atoms with Gasteiger partial charge in [-0.15, -0.1) is 0 Å². The molecule has 0 aromatic heterocycles. The number of ether oxygens (including phenoxy) is 1. The van der Waals surface area contributed by atoms with Crippen molar-refractivity contribution in [2.75, 3.05) is 6.54 Å². The van der Waals surface area contributed by atoms with Crippen LogP contribution in [0.1, 0.15) is 74.6 Å². The molecule has 2 saturated carbocycles. The van der Waals surface area contributed by atoms with Gasteiger partial charge in [0.05, 0.1) is 10.6 Å². The maximum absolute atomic E-state index is 12.5. The normalized spacial score (nSPS) is 24.7. The predicted molar refractivity (Wildman–Crippen MR) is 106 cm³/mol. The quantitative estimate of drug-likeness (QED) is 0.781. The van der Waals surface area contributed by atoms with Gasteiger partial charge in [-0.1, -0.05) is 43.7 Å². The van der Waals surface area contributed by atoms with Crippen molar-refractivity contribution < 1.29 is 9.53 Å². The van der Waals surface area contributed by atoms with Crippen molar-refractivity contribution in [3.8, 4) is 5.75 Å². The zero-order valence-electron chi connectivity index (χ0n) is 15.5. The summed E-state index contributed by atoms with van der Waals surface area (Å²) in [5, 5.41) is 3.52. The third-order valence-corrected chi connectivity index (χ3v) is 6.00. The van der Waals surface area contributed by atoms with Gasteiger partial charge in [-0.2, -0.15) is 0 Å². The van der Waals surface area contributed by atoms with Crippen LogP contribution >= 0.6 is 11.6 Å². The van der Waals surface area contributed by atoms with Crippen LogP contribution in [0.4, 0.5) is 0 Å². The molecule has 0 heterocycles. The first kappa shape index (κ1) is 19.5. The molecule has 1 amide bonds.